The van der Waals surface area contributed by atoms with Crippen molar-refractivity contribution in [2.75, 3.05) is 12.0 Å². The van der Waals surface area contributed by atoms with Crippen molar-refractivity contribution in [1.29, 1.82) is 0 Å². The van der Waals surface area contributed by atoms with E-state index in [2.05, 4.69) is 0 Å². The van der Waals surface area contributed by atoms with E-state index < -0.39 is 12.0 Å². The Morgan fingerprint density at radius 3 is 2.11 bits per heavy atom. The zero-order chi connectivity index (χ0) is 13.9. The first-order valence-corrected chi connectivity index (χ1v) is 5.84. The number of anilines is 1. The molecule has 0 unspecified atom stereocenters. The van der Waals surface area contributed by atoms with E-state index in [0.29, 0.717) is 0 Å². The van der Waals surface area contributed by atoms with Gasteiger partial charge in [0.2, 0.25) is 5.91 Å². The van der Waals surface area contributed by atoms with E-state index in [1.54, 1.807) is 6.92 Å². The molecule has 4 heteroatoms. The molecule has 1 aromatic carbocycles. The third-order valence-corrected chi connectivity index (χ3v) is 2.95. The first-order valence-electron chi connectivity index (χ1n) is 5.84. The molecule has 0 saturated heterocycles. The van der Waals surface area contributed by atoms with E-state index in [-0.39, 0.29) is 5.91 Å². The van der Waals surface area contributed by atoms with Crippen molar-refractivity contribution in [3.63, 3.8) is 0 Å². The summed E-state index contributed by atoms with van der Waals surface area (Å²) >= 11 is 0. The molecule has 0 aliphatic rings. The van der Waals surface area contributed by atoms with Crippen LogP contribution in [0.5, 0.6) is 0 Å². The second kappa shape index (κ2) is 5.67. The third-order valence-electron chi connectivity index (χ3n) is 2.95. The first-order chi connectivity index (χ1) is 8.40. The minimum atomic E-state index is -0.632. The third kappa shape index (κ3) is 2.70. The molecule has 4 nitrogen and oxygen atoms in total. The number of carbonyl (C=O) groups excluding carboxylic acids is 2. The molecule has 0 bridgehead atoms. The van der Waals surface area contributed by atoms with Gasteiger partial charge in [0.1, 0.15) is 6.04 Å². The van der Waals surface area contributed by atoms with Crippen LogP contribution in [0.2, 0.25) is 0 Å². The molecule has 1 rings (SSSR count). The van der Waals surface area contributed by atoms with Gasteiger partial charge in [-0.15, -0.1) is 0 Å². The lowest BCUT2D eigenvalue weighted by atomic mass is 10.1. The van der Waals surface area contributed by atoms with Gasteiger partial charge in [-0.05, 0) is 31.9 Å². The molecule has 0 aliphatic carbocycles. The summed E-state index contributed by atoms with van der Waals surface area (Å²) < 4.78 is 4.71. The maximum absolute atomic E-state index is 11.8. The average Bonchev–Trinajstić information content (AvgIpc) is 2.31. The van der Waals surface area contributed by atoms with E-state index in [1.807, 2.05) is 32.0 Å². The molecule has 98 valence electrons. The SMILES string of the molecule is COC(=O)[C@@H](C)N(C(C)=O)c1c(C)cccc1C. The lowest BCUT2D eigenvalue weighted by Gasteiger charge is -2.29. The summed E-state index contributed by atoms with van der Waals surface area (Å²) in [5.41, 5.74) is 2.70. The predicted molar refractivity (Wildman–Crippen MR) is 70.6 cm³/mol. The van der Waals surface area contributed by atoms with Crippen LogP contribution < -0.4 is 4.90 Å². The number of amides is 1. The van der Waals surface area contributed by atoms with Crippen molar-refractivity contribution >= 4 is 17.6 Å². The Kier molecular flexibility index (Phi) is 4.48. The van der Waals surface area contributed by atoms with Crippen LogP contribution in [0, 0.1) is 13.8 Å². The molecule has 0 aromatic heterocycles. The second-order valence-corrected chi connectivity index (χ2v) is 4.33. The van der Waals surface area contributed by atoms with Gasteiger partial charge in [-0.2, -0.15) is 0 Å². The summed E-state index contributed by atoms with van der Waals surface area (Å²) in [6.07, 6.45) is 0. The highest BCUT2D eigenvalue weighted by Gasteiger charge is 2.27. The Hall–Kier alpha value is -1.84. The van der Waals surface area contributed by atoms with Gasteiger partial charge < -0.3 is 4.74 Å². The number of para-hydroxylation sites is 1. The van der Waals surface area contributed by atoms with Crippen molar-refractivity contribution in [3.8, 4) is 0 Å². The molecule has 1 atom stereocenters. The Balaban J connectivity index is 3.29. The molecule has 0 fully saturated rings. The summed E-state index contributed by atoms with van der Waals surface area (Å²) in [6.45, 7) is 6.95. The van der Waals surface area contributed by atoms with Crippen LogP contribution in [0.1, 0.15) is 25.0 Å². The standard InChI is InChI=1S/C14H19NO3/c1-9-7-6-8-10(2)13(9)15(12(4)16)11(3)14(17)18-5/h6-8,11H,1-5H3/t11-/m1/s1. The molecule has 0 radical (unpaired) electrons. The fraction of sp³-hybridized carbons (Fsp3) is 0.429. The predicted octanol–water partition coefficient (Wildman–Crippen LogP) is 2.22. The summed E-state index contributed by atoms with van der Waals surface area (Å²) in [5.74, 6) is -0.599. The van der Waals surface area contributed by atoms with Gasteiger partial charge in [0.15, 0.2) is 0 Å². The number of methoxy groups -OCH3 is 1. The molecular formula is C14H19NO3. The van der Waals surface area contributed by atoms with Crippen molar-refractivity contribution in [2.45, 2.75) is 33.7 Å². The molecule has 0 saturated carbocycles. The highest BCUT2D eigenvalue weighted by atomic mass is 16.5. The Bertz CT molecular complexity index is 448. The summed E-state index contributed by atoms with van der Waals surface area (Å²) in [4.78, 5) is 24.9. The maximum atomic E-state index is 11.8. The van der Waals surface area contributed by atoms with Gasteiger partial charge in [-0.1, -0.05) is 18.2 Å². The molecular weight excluding hydrogens is 230 g/mol. The van der Waals surface area contributed by atoms with Crippen LogP contribution in [0.4, 0.5) is 5.69 Å². The van der Waals surface area contributed by atoms with Crippen LogP contribution >= 0.6 is 0 Å². The van der Waals surface area contributed by atoms with Gasteiger partial charge in [-0.3, -0.25) is 9.69 Å². The molecule has 0 heterocycles. The molecule has 1 amide bonds. The number of esters is 1. The topological polar surface area (TPSA) is 46.6 Å². The van der Waals surface area contributed by atoms with Crippen molar-refractivity contribution in [1.82, 2.24) is 0 Å². The highest BCUT2D eigenvalue weighted by Crippen LogP contribution is 2.26. The maximum Gasteiger partial charge on any atom is 0.328 e. The average molecular weight is 249 g/mol. The number of hydrogen-bond donors (Lipinski definition) is 0. The van der Waals surface area contributed by atoms with Crippen molar-refractivity contribution in [2.24, 2.45) is 0 Å². The second-order valence-electron chi connectivity index (χ2n) is 4.33. The number of rotatable bonds is 3. The number of carbonyl (C=O) groups is 2. The number of aryl methyl sites for hydroxylation is 2. The van der Waals surface area contributed by atoms with E-state index in [4.69, 9.17) is 4.74 Å². The quantitative estimate of drug-likeness (QED) is 0.772. The monoisotopic (exact) mass is 249 g/mol. The van der Waals surface area contributed by atoms with Gasteiger partial charge in [-0.25, -0.2) is 4.79 Å². The van der Waals surface area contributed by atoms with E-state index in [1.165, 1.54) is 18.9 Å². The van der Waals surface area contributed by atoms with Crippen LogP contribution in [0.15, 0.2) is 18.2 Å². The normalized spacial score (nSPS) is 11.8. The number of hydrogen-bond acceptors (Lipinski definition) is 3. The minimum Gasteiger partial charge on any atom is -0.467 e. The first kappa shape index (κ1) is 14.2. The number of ether oxygens (including phenoxy) is 1. The number of nitrogens with zero attached hydrogens (tertiary/aromatic N) is 1. The molecule has 0 N–H and O–H groups in total. The highest BCUT2D eigenvalue weighted by molar-refractivity contribution is 5.99. The van der Waals surface area contributed by atoms with Crippen LogP contribution in [0.3, 0.4) is 0 Å². The Morgan fingerprint density at radius 2 is 1.72 bits per heavy atom. The molecule has 0 spiro atoms. The van der Waals surface area contributed by atoms with Gasteiger partial charge in [0, 0.05) is 6.92 Å². The van der Waals surface area contributed by atoms with Crippen LogP contribution in [0.25, 0.3) is 0 Å². The van der Waals surface area contributed by atoms with E-state index >= 15 is 0 Å². The Labute approximate surface area is 108 Å². The van der Waals surface area contributed by atoms with E-state index in [9.17, 15) is 9.59 Å². The summed E-state index contributed by atoms with van der Waals surface area (Å²) in [5, 5.41) is 0. The van der Waals surface area contributed by atoms with Crippen LogP contribution in [-0.2, 0) is 14.3 Å². The Morgan fingerprint density at radius 1 is 1.22 bits per heavy atom. The molecule has 1 aromatic rings. The van der Waals surface area contributed by atoms with Crippen molar-refractivity contribution < 1.29 is 14.3 Å². The van der Waals surface area contributed by atoms with Gasteiger partial charge in [0.25, 0.3) is 0 Å². The largest absolute Gasteiger partial charge is 0.467 e. The minimum absolute atomic E-state index is 0.176. The number of benzene rings is 1. The summed E-state index contributed by atoms with van der Waals surface area (Å²) in [7, 11) is 1.32. The molecule has 0 aliphatic heterocycles. The fourth-order valence-corrected chi connectivity index (χ4v) is 2.09. The van der Waals surface area contributed by atoms with Crippen LogP contribution in [-0.4, -0.2) is 25.0 Å². The van der Waals surface area contributed by atoms with Crippen molar-refractivity contribution in [3.05, 3.63) is 29.3 Å². The fourth-order valence-electron chi connectivity index (χ4n) is 2.09. The smallest absolute Gasteiger partial charge is 0.328 e. The van der Waals surface area contributed by atoms with E-state index in [0.717, 1.165) is 16.8 Å². The zero-order valence-corrected chi connectivity index (χ0v) is 11.5. The van der Waals surface area contributed by atoms with Gasteiger partial charge >= 0.3 is 5.97 Å². The lowest BCUT2D eigenvalue weighted by Crippen LogP contribution is -2.43. The van der Waals surface area contributed by atoms with Gasteiger partial charge in [0.05, 0.1) is 12.8 Å². The molecule has 18 heavy (non-hydrogen) atoms. The zero-order valence-electron chi connectivity index (χ0n) is 11.5. The summed E-state index contributed by atoms with van der Waals surface area (Å²) in [6, 6.07) is 5.13. The lowest BCUT2D eigenvalue weighted by molar-refractivity contribution is -0.142.